The summed E-state index contributed by atoms with van der Waals surface area (Å²) in [5.74, 6) is 1.58. The van der Waals surface area contributed by atoms with Gasteiger partial charge in [-0.25, -0.2) is 0 Å². The molecule has 0 radical (unpaired) electrons. The van der Waals surface area contributed by atoms with Gasteiger partial charge >= 0.3 is 0 Å². The first-order valence-electron chi connectivity index (χ1n) is 6.72. The van der Waals surface area contributed by atoms with Gasteiger partial charge in [0.1, 0.15) is 0 Å². The van der Waals surface area contributed by atoms with Crippen molar-refractivity contribution in [1.82, 2.24) is 5.32 Å². The van der Waals surface area contributed by atoms with Gasteiger partial charge < -0.3 is 15.8 Å². The van der Waals surface area contributed by atoms with E-state index in [-0.39, 0.29) is 0 Å². The van der Waals surface area contributed by atoms with Crippen LogP contribution in [0.4, 0.5) is 0 Å². The highest BCUT2D eigenvalue weighted by Crippen LogP contribution is 2.28. The van der Waals surface area contributed by atoms with E-state index >= 15 is 0 Å². The third kappa shape index (κ3) is 8.08. The summed E-state index contributed by atoms with van der Waals surface area (Å²) >= 11 is 0. The Morgan fingerprint density at radius 3 is 2.75 bits per heavy atom. The Balaban J connectivity index is 1.76. The number of nitrogens with two attached hydrogens (primary N) is 1. The highest BCUT2D eigenvalue weighted by atomic mass is 16.5. The molecular weight excluding hydrogens is 200 g/mol. The van der Waals surface area contributed by atoms with Crippen molar-refractivity contribution >= 4 is 0 Å². The van der Waals surface area contributed by atoms with Gasteiger partial charge in [0.25, 0.3) is 0 Å². The van der Waals surface area contributed by atoms with Crippen molar-refractivity contribution in [3.8, 4) is 0 Å². The van der Waals surface area contributed by atoms with Gasteiger partial charge in [0, 0.05) is 25.8 Å². The van der Waals surface area contributed by atoms with Crippen LogP contribution in [0.3, 0.4) is 0 Å². The quantitative estimate of drug-likeness (QED) is 0.560. The van der Waals surface area contributed by atoms with Crippen molar-refractivity contribution in [3.05, 3.63) is 0 Å². The molecule has 1 saturated carbocycles. The van der Waals surface area contributed by atoms with E-state index in [0.717, 1.165) is 45.1 Å². The Kier molecular flexibility index (Phi) is 7.01. The number of rotatable bonds is 10. The third-order valence-corrected chi connectivity index (χ3v) is 2.87. The maximum Gasteiger partial charge on any atom is 0.0494 e. The van der Waals surface area contributed by atoms with E-state index in [1.54, 1.807) is 0 Å². The molecule has 1 rings (SSSR count). The average molecular weight is 228 g/mol. The van der Waals surface area contributed by atoms with Crippen molar-refractivity contribution in [1.29, 1.82) is 0 Å². The van der Waals surface area contributed by atoms with Crippen molar-refractivity contribution in [2.75, 3.05) is 26.3 Å². The van der Waals surface area contributed by atoms with Gasteiger partial charge in [-0.1, -0.05) is 13.8 Å². The van der Waals surface area contributed by atoms with Crippen LogP contribution in [0.5, 0.6) is 0 Å². The maximum atomic E-state index is 5.97. The molecule has 0 heterocycles. The summed E-state index contributed by atoms with van der Waals surface area (Å²) in [6.07, 6.45) is 4.96. The molecule has 3 heteroatoms. The van der Waals surface area contributed by atoms with E-state index in [0.29, 0.717) is 12.0 Å². The molecule has 0 saturated heterocycles. The fraction of sp³-hybridized carbons (Fsp3) is 1.00. The van der Waals surface area contributed by atoms with E-state index in [2.05, 4.69) is 19.2 Å². The maximum absolute atomic E-state index is 5.97. The minimum Gasteiger partial charge on any atom is -0.381 e. The van der Waals surface area contributed by atoms with Crippen molar-refractivity contribution in [2.45, 2.75) is 45.6 Å². The van der Waals surface area contributed by atoms with Crippen LogP contribution in [0.2, 0.25) is 0 Å². The molecular formula is C13H28N2O. The predicted octanol–water partition coefficient (Wildman–Crippen LogP) is 1.77. The van der Waals surface area contributed by atoms with Gasteiger partial charge in [-0.3, -0.25) is 0 Å². The van der Waals surface area contributed by atoms with Crippen LogP contribution >= 0.6 is 0 Å². The Labute approximate surface area is 100 Å². The van der Waals surface area contributed by atoms with Crippen LogP contribution in [0.1, 0.15) is 39.5 Å². The fourth-order valence-corrected chi connectivity index (χ4v) is 1.81. The molecule has 0 amide bonds. The SMILES string of the molecule is CC(C)CC(N)CNCCCOCC1CC1. The van der Waals surface area contributed by atoms with E-state index < -0.39 is 0 Å². The average Bonchev–Trinajstić information content (AvgIpc) is 2.99. The fourth-order valence-electron chi connectivity index (χ4n) is 1.81. The van der Waals surface area contributed by atoms with E-state index in [1.807, 2.05) is 0 Å². The van der Waals surface area contributed by atoms with Gasteiger partial charge in [-0.05, 0) is 44.1 Å². The number of hydrogen-bond acceptors (Lipinski definition) is 3. The van der Waals surface area contributed by atoms with Crippen LogP contribution in [0.25, 0.3) is 0 Å². The van der Waals surface area contributed by atoms with Gasteiger partial charge in [-0.15, -0.1) is 0 Å². The topological polar surface area (TPSA) is 47.3 Å². The number of nitrogens with one attached hydrogen (secondary N) is 1. The lowest BCUT2D eigenvalue weighted by molar-refractivity contribution is 0.122. The number of hydrogen-bond donors (Lipinski definition) is 2. The van der Waals surface area contributed by atoms with Crippen LogP contribution in [0, 0.1) is 11.8 Å². The van der Waals surface area contributed by atoms with Gasteiger partial charge in [0.2, 0.25) is 0 Å². The molecule has 3 nitrogen and oxygen atoms in total. The molecule has 16 heavy (non-hydrogen) atoms. The molecule has 0 aromatic carbocycles. The van der Waals surface area contributed by atoms with E-state index in [1.165, 1.54) is 12.8 Å². The summed E-state index contributed by atoms with van der Waals surface area (Å²) in [6.45, 7) is 8.25. The summed E-state index contributed by atoms with van der Waals surface area (Å²) in [6, 6.07) is 0.299. The molecule has 0 aliphatic heterocycles. The minimum atomic E-state index is 0.299. The predicted molar refractivity (Wildman–Crippen MR) is 68.5 cm³/mol. The lowest BCUT2D eigenvalue weighted by Gasteiger charge is -2.14. The smallest absolute Gasteiger partial charge is 0.0494 e. The first-order chi connectivity index (χ1) is 7.68. The molecule has 1 aliphatic carbocycles. The van der Waals surface area contributed by atoms with Crippen molar-refractivity contribution in [3.63, 3.8) is 0 Å². The van der Waals surface area contributed by atoms with Crippen LogP contribution in [0.15, 0.2) is 0 Å². The number of ether oxygens (including phenoxy) is 1. The second-order valence-electron chi connectivity index (χ2n) is 5.47. The summed E-state index contributed by atoms with van der Waals surface area (Å²) in [7, 11) is 0. The second-order valence-corrected chi connectivity index (χ2v) is 5.47. The zero-order valence-electron chi connectivity index (χ0n) is 10.9. The molecule has 3 N–H and O–H groups in total. The molecule has 1 aliphatic rings. The van der Waals surface area contributed by atoms with Gasteiger partial charge in [0.15, 0.2) is 0 Å². The van der Waals surface area contributed by atoms with Crippen LogP contribution in [-0.4, -0.2) is 32.3 Å². The van der Waals surface area contributed by atoms with Crippen molar-refractivity contribution < 1.29 is 4.74 Å². The molecule has 0 bridgehead atoms. The molecule has 0 aromatic heterocycles. The Hall–Kier alpha value is -0.120. The second kappa shape index (κ2) is 8.04. The van der Waals surface area contributed by atoms with E-state index in [4.69, 9.17) is 10.5 Å². The molecule has 0 aromatic rings. The molecule has 1 fully saturated rings. The molecule has 0 spiro atoms. The zero-order valence-corrected chi connectivity index (χ0v) is 10.9. The largest absolute Gasteiger partial charge is 0.381 e. The van der Waals surface area contributed by atoms with Gasteiger partial charge in [-0.2, -0.15) is 0 Å². The Bertz CT molecular complexity index is 169. The summed E-state index contributed by atoms with van der Waals surface area (Å²) in [5.41, 5.74) is 5.97. The summed E-state index contributed by atoms with van der Waals surface area (Å²) in [5, 5.41) is 3.39. The van der Waals surface area contributed by atoms with Gasteiger partial charge in [0.05, 0.1) is 0 Å². The summed E-state index contributed by atoms with van der Waals surface area (Å²) < 4.78 is 5.56. The molecule has 96 valence electrons. The van der Waals surface area contributed by atoms with E-state index in [9.17, 15) is 0 Å². The first kappa shape index (κ1) is 13.9. The molecule has 1 unspecified atom stereocenters. The lowest BCUT2D eigenvalue weighted by Crippen LogP contribution is -2.35. The Morgan fingerprint density at radius 2 is 2.12 bits per heavy atom. The highest BCUT2D eigenvalue weighted by Gasteiger charge is 2.20. The highest BCUT2D eigenvalue weighted by molar-refractivity contribution is 4.72. The van der Waals surface area contributed by atoms with Crippen LogP contribution < -0.4 is 11.1 Å². The van der Waals surface area contributed by atoms with Crippen molar-refractivity contribution in [2.24, 2.45) is 17.6 Å². The standard InChI is InChI=1S/C13H28N2O/c1-11(2)8-13(14)9-15-6-3-7-16-10-12-4-5-12/h11-13,15H,3-10,14H2,1-2H3. The first-order valence-corrected chi connectivity index (χ1v) is 6.72. The van der Waals surface area contributed by atoms with Crippen LogP contribution in [-0.2, 0) is 4.74 Å². The minimum absolute atomic E-state index is 0.299. The normalized spacial score (nSPS) is 18.0. The zero-order chi connectivity index (χ0) is 11.8. The lowest BCUT2D eigenvalue weighted by atomic mass is 10.0. The Morgan fingerprint density at radius 1 is 1.38 bits per heavy atom. The molecule has 1 atom stereocenters. The summed E-state index contributed by atoms with van der Waals surface area (Å²) in [4.78, 5) is 0. The third-order valence-electron chi connectivity index (χ3n) is 2.87. The monoisotopic (exact) mass is 228 g/mol.